The van der Waals surface area contributed by atoms with Gasteiger partial charge >= 0.3 is 0 Å². The molecule has 0 saturated carbocycles. The zero-order valence-electron chi connectivity index (χ0n) is 7.22. The average molecular weight is 243 g/mol. The topological polar surface area (TPSA) is 41.5 Å². The van der Waals surface area contributed by atoms with Gasteiger partial charge in [0, 0.05) is 17.1 Å². The molecule has 1 heterocycles. The molecule has 1 amide bonds. The first-order valence-corrected chi connectivity index (χ1v) is 4.75. The van der Waals surface area contributed by atoms with Crippen LogP contribution in [0.3, 0.4) is 0 Å². The van der Waals surface area contributed by atoms with Crippen molar-refractivity contribution in [2.75, 3.05) is 0 Å². The van der Waals surface area contributed by atoms with E-state index < -0.39 is 0 Å². The van der Waals surface area contributed by atoms with E-state index in [1.807, 2.05) is 0 Å². The molecule has 1 fully saturated rings. The quantitative estimate of drug-likeness (QED) is 0.754. The zero-order chi connectivity index (χ0) is 9.84. The Balaban J connectivity index is 2.49. The first-order valence-electron chi connectivity index (χ1n) is 3.96. The third-order valence-electron chi connectivity index (χ3n) is 1.77. The lowest BCUT2D eigenvalue weighted by Crippen LogP contribution is -2.26. The van der Waals surface area contributed by atoms with Crippen molar-refractivity contribution in [1.29, 1.82) is 0 Å². The SMILES string of the molecule is C=C(Br)C=NC(=C)C1CCC(=O)N1. The molecule has 1 aliphatic heterocycles. The number of hydrogen-bond donors (Lipinski definition) is 1. The molecule has 0 aromatic heterocycles. The van der Waals surface area contributed by atoms with E-state index in [0.717, 1.165) is 6.42 Å². The van der Waals surface area contributed by atoms with E-state index in [4.69, 9.17) is 0 Å². The summed E-state index contributed by atoms with van der Waals surface area (Å²) in [5, 5.41) is 2.78. The van der Waals surface area contributed by atoms with E-state index in [2.05, 4.69) is 39.4 Å². The van der Waals surface area contributed by atoms with Crippen LogP contribution in [0.2, 0.25) is 0 Å². The molecule has 0 spiro atoms. The molecule has 0 radical (unpaired) electrons. The molecule has 1 aliphatic rings. The van der Waals surface area contributed by atoms with Crippen molar-refractivity contribution >= 4 is 28.1 Å². The Kier molecular flexibility index (Phi) is 3.42. The summed E-state index contributed by atoms with van der Waals surface area (Å²) in [4.78, 5) is 14.9. The molecular formula is C9H11BrN2O. The third kappa shape index (κ3) is 3.14. The van der Waals surface area contributed by atoms with Crippen molar-refractivity contribution in [3.63, 3.8) is 0 Å². The molecule has 4 heteroatoms. The normalized spacial score (nSPS) is 21.9. The summed E-state index contributed by atoms with van der Waals surface area (Å²) < 4.78 is 0.693. The van der Waals surface area contributed by atoms with Crippen LogP contribution in [0.5, 0.6) is 0 Å². The number of halogens is 1. The molecule has 1 rings (SSSR count). The summed E-state index contributed by atoms with van der Waals surface area (Å²) in [6.45, 7) is 7.38. The number of amides is 1. The number of carbonyl (C=O) groups excluding carboxylic acids is 1. The molecule has 0 aromatic carbocycles. The Morgan fingerprint density at radius 1 is 1.69 bits per heavy atom. The van der Waals surface area contributed by atoms with Gasteiger partial charge in [0.15, 0.2) is 0 Å². The monoisotopic (exact) mass is 242 g/mol. The highest BCUT2D eigenvalue weighted by molar-refractivity contribution is 9.12. The van der Waals surface area contributed by atoms with Gasteiger partial charge in [-0.25, -0.2) is 0 Å². The highest BCUT2D eigenvalue weighted by Gasteiger charge is 2.22. The lowest BCUT2D eigenvalue weighted by Gasteiger charge is -2.07. The van der Waals surface area contributed by atoms with Gasteiger partial charge in [0.25, 0.3) is 0 Å². The molecule has 1 N–H and O–H groups in total. The molecular weight excluding hydrogens is 232 g/mol. The number of nitrogens with one attached hydrogen (secondary N) is 1. The van der Waals surface area contributed by atoms with Gasteiger partial charge in [0.1, 0.15) is 0 Å². The average Bonchev–Trinajstić information content (AvgIpc) is 2.47. The summed E-state index contributed by atoms with van der Waals surface area (Å²) in [6.07, 6.45) is 2.92. The molecule has 3 nitrogen and oxygen atoms in total. The van der Waals surface area contributed by atoms with Crippen LogP contribution >= 0.6 is 15.9 Å². The van der Waals surface area contributed by atoms with E-state index in [1.54, 1.807) is 6.21 Å². The van der Waals surface area contributed by atoms with Crippen molar-refractivity contribution in [1.82, 2.24) is 5.32 Å². The minimum absolute atomic E-state index is 0.00407. The molecule has 1 unspecified atom stereocenters. The van der Waals surface area contributed by atoms with Gasteiger partial charge < -0.3 is 5.32 Å². The van der Waals surface area contributed by atoms with Gasteiger partial charge in [0.2, 0.25) is 5.91 Å². The van der Waals surface area contributed by atoms with Crippen molar-refractivity contribution in [3.05, 3.63) is 23.3 Å². The number of carbonyl (C=O) groups is 1. The highest BCUT2D eigenvalue weighted by atomic mass is 79.9. The molecule has 0 bridgehead atoms. The highest BCUT2D eigenvalue weighted by Crippen LogP contribution is 2.14. The third-order valence-corrected chi connectivity index (χ3v) is 1.97. The number of rotatable bonds is 3. The van der Waals surface area contributed by atoms with Crippen molar-refractivity contribution in [3.8, 4) is 0 Å². The van der Waals surface area contributed by atoms with E-state index in [1.165, 1.54) is 0 Å². The number of aliphatic imine (C=N–C) groups is 1. The van der Waals surface area contributed by atoms with Crippen LogP contribution in [0.1, 0.15) is 12.8 Å². The Hall–Kier alpha value is -0.900. The standard InChI is InChI=1S/C9H11BrN2O/c1-6(10)5-11-7(2)8-3-4-9(13)12-8/h5,8H,1-4H2,(H,12,13). The predicted octanol–water partition coefficient (Wildman–Crippen LogP) is 1.76. The van der Waals surface area contributed by atoms with Crippen LogP contribution in [0.25, 0.3) is 0 Å². The molecule has 70 valence electrons. The van der Waals surface area contributed by atoms with Gasteiger partial charge in [-0.1, -0.05) is 13.2 Å². The van der Waals surface area contributed by atoms with E-state index >= 15 is 0 Å². The molecule has 1 saturated heterocycles. The van der Waals surface area contributed by atoms with E-state index in [9.17, 15) is 4.79 Å². The van der Waals surface area contributed by atoms with Crippen molar-refractivity contribution in [2.24, 2.45) is 4.99 Å². The van der Waals surface area contributed by atoms with Gasteiger partial charge in [-0.3, -0.25) is 9.79 Å². The van der Waals surface area contributed by atoms with Gasteiger partial charge in [0.05, 0.1) is 11.7 Å². The fraction of sp³-hybridized carbons (Fsp3) is 0.333. The second-order valence-electron chi connectivity index (χ2n) is 2.86. The summed E-state index contributed by atoms with van der Waals surface area (Å²) in [5.74, 6) is 0.0685. The molecule has 0 aliphatic carbocycles. The first kappa shape index (κ1) is 10.2. The summed E-state index contributed by atoms with van der Waals surface area (Å²) in [7, 11) is 0. The van der Waals surface area contributed by atoms with E-state index in [0.29, 0.717) is 16.6 Å². The summed E-state index contributed by atoms with van der Waals surface area (Å²) >= 11 is 3.15. The van der Waals surface area contributed by atoms with E-state index in [-0.39, 0.29) is 11.9 Å². The van der Waals surface area contributed by atoms with Crippen LogP contribution in [0.15, 0.2) is 28.3 Å². The summed E-state index contributed by atoms with van der Waals surface area (Å²) in [5.41, 5.74) is 0.673. The minimum Gasteiger partial charge on any atom is -0.348 e. The fourth-order valence-corrected chi connectivity index (χ4v) is 1.21. The number of hydrogen-bond acceptors (Lipinski definition) is 2. The summed E-state index contributed by atoms with van der Waals surface area (Å²) in [6, 6.07) is -0.00407. The van der Waals surface area contributed by atoms with Crippen molar-refractivity contribution < 1.29 is 4.79 Å². The largest absolute Gasteiger partial charge is 0.348 e. The van der Waals surface area contributed by atoms with Crippen LogP contribution in [0.4, 0.5) is 0 Å². The zero-order valence-corrected chi connectivity index (χ0v) is 8.80. The maximum absolute atomic E-state index is 10.9. The van der Waals surface area contributed by atoms with Crippen molar-refractivity contribution in [2.45, 2.75) is 18.9 Å². The lowest BCUT2D eigenvalue weighted by molar-refractivity contribution is -0.119. The van der Waals surface area contributed by atoms with Crippen LogP contribution < -0.4 is 5.32 Å². The Bertz CT molecular complexity index is 283. The Labute approximate surface area is 85.7 Å². The first-order chi connectivity index (χ1) is 6.09. The fourth-order valence-electron chi connectivity index (χ4n) is 1.11. The van der Waals surface area contributed by atoms with Crippen LogP contribution in [-0.4, -0.2) is 18.2 Å². The van der Waals surface area contributed by atoms with Gasteiger partial charge in [-0.2, -0.15) is 0 Å². The Morgan fingerprint density at radius 3 is 2.85 bits per heavy atom. The number of allylic oxidation sites excluding steroid dienone is 1. The number of nitrogens with zero attached hydrogens (tertiary/aromatic N) is 1. The Morgan fingerprint density at radius 2 is 2.38 bits per heavy atom. The van der Waals surface area contributed by atoms with Gasteiger partial charge in [-0.05, 0) is 22.4 Å². The maximum atomic E-state index is 10.9. The molecule has 0 aromatic rings. The second kappa shape index (κ2) is 4.37. The predicted molar refractivity (Wildman–Crippen MR) is 56.9 cm³/mol. The minimum atomic E-state index is -0.00407. The molecule has 1 atom stereocenters. The van der Waals surface area contributed by atoms with Crippen LogP contribution in [-0.2, 0) is 4.79 Å². The second-order valence-corrected chi connectivity index (χ2v) is 3.87. The van der Waals surface area contributed by atoms with Gasteiger partial charge in [-0.15, -0.1) is 0 Å². The molecule has 13 heavy (non-hydrogen) atoms. The smallest absolute Gasteiger partial charge is 0.220 e. The van der Waals surface area contributed by atoms with Crippen LogP contribution in [0, 0.1) is 0 Å². The maximum Gasteiger partial charge on any atom is 0.220 e. The lowest BCUT2D eigenvalue weighted by atomic mass is 10.2.